The zero-order valence-electron chi connectivity index (χ0n) is 9.93. The van der Waals surface area contributed by atoms with Crippen molar-refractivity contribution in [3.8, 4) is 0 Å². The molecule has 0 bridgehead atoms. The molecule has 0 N–H and O–H groups in total. The Labute approximate surface area is 102 Å². The fourth-order valence-corrected chi connectivity index (χ4v) is 2.67. The van der Waals surface area contributed by atoms with Gasteiger partial charge in [-0.25, -0.2) is 0 Å². The zero-order valence-corrected chi connectivity index (χ0v) is 9.93. The van der Waals surface area contributed by atoms with Crippen LogP contribution in [0.1, 0.15) is 29.0 Å². The molecule has 0 amide bonds. The van der Waals surface area contributed by atoms with Gasteiger partial charge in [0, 0.05) is 25.1 Å². The maximum Gasteiger partial charge on any atom is 0.0429 e. The molecule has 0 radical (unpaired) electrons. The van der Waals surface area contributed by atoms with Crippen LogP contribution in [-0.4, -0.2) is 12.8 Å². The first-order chi connectivity index (χ1) is 8.40. The summed E-state index contributed by atoms with van der Waals surface area (Å²) in [7, 11) is 1.89. The maximum atomic E-state index is 4.42. The van der Waals surface area contributed by atoms with Crippen LogP contribution in [0, 0.1) is 0 Å². The van der Waals surface area contributed by atoms with Gasteiger partial charge in [-0.3, -0.25) is 4.99 Å². The van der Waals surface area contributed by atoms with E-state index >= 15 is 0 Å². The number of rotatable bonds is 1. The van der Waals surface area contributed by atoms with E-state index in [1.54, 1.807) is 0 Å². The van der Waals surface area contributed by atoms with Gasteiger partial charge in [0.1, 0.15) is 0 Å². The maximum absolute atomic E-state index is 4.42. The molecular weight excluding hydrogens is 206 g/mol. The third-order valence-corrected chi connectivity index (χ3v) is 3.52. The summed E-state index contributed by atoms with van der Waals surface area (Å²) in [5.41, 5.74) is 5.36. The highest BCUT2D eigenvalue weighted by Gasteiger charge is 2.27. The predicted molar refractivity (Wildman–Crippen MR) is 71.8 cm³/mol. The van der Waals surface area contributed by atoms with Crippen molar-refractivity contribution in [3.63, 3.8) is 0 Å². The average molecular weight is 221 g/mol. The summed E-state index contributed by atoms with van der Waals surface area (Å²) in [6.45, 7) is 0. The van der Waals surface area contributed by atoms with E-state index in [2.05, 4.69) is 59.6 Å². The quantitative estimate of drug-likeness (QED) is 0.697. The number of hydrogen-bond donors (Lipinski definition) is 0. The minimum Gasteiger partial charge on any atom is -0.292 e. The summed E-state index contributed by atoms with van der Waals surface area (Å²) in [4.78, 5) is 4.42. The third kappa shape index (κ3) is 1.68. The highest BCUT2D eigenvalue weighted by molar-refractivity contribution is 6.05. The summed E-state index contributed by atoms with van der Waals surface area (Å²) in [5.74, 6) is 0.478. The van der Waals surface area contributed by atoms with Gasteiger partial charge in [-0.1, -0.05) is 54.6 Å². The molecule has 1 aliphatic carbocycles. The molecule has 0 aromatic heterocycles. The average Bonchev–Trinajstić information content (AvgIpc) is 2.78. The van der Waals surface area contributed by atoms with E-state index in [0.717, 1.165) is 6.42 Å². The smallest absolute Gasteiger partial charge is 0.0429 e. The second-order valence-corrected chi connectivity index (χ2v) is 4.42. The summed E-state index contributed by atoms with van der Waals surface area (Å²) in [6.07, 6.45) is 1.03. The molecule has 0 heterocycles. The molecule has 0 saturated heterocycles. The molecule has 1 nitrogen and oxygen atoms in total. The van der Waals surface area contributed by atoms with Crippen molar-refractivity contribution in [2.75, 3.05) is 7.05 Å². The Morgan fingerprint density at radius 3 is 2.41 bits per heavy atom. The first kappa shape index (κ1) is 10.3. The minimum absolute atomic E-state index is 0.478. The van der Waals surface area contributed by atoms with E-state index in [-0.39, 0.29) is 0 Å². The number of benzene rings is 2. The molecule has 0 spiro atoms. The van der Waals surface area contributed by atoms with Crippen LogP contribution >= 0.6 is 0 Å². The zero-order chi connectivity index (χ0) is 11.7. The molecule has 2 aromatic carbocycles. The van der Waals surface area contributed by atoms with E-state index in [4.69, 9.17) is 0 Å². The Morgan fingerprint density at radius 1 is 0.941 bits per heavy atom. The Balaban J connectivity index is 2.11. The largest absolute Gasteiger partial charge is 0.292 e. The van der Waals surface area contributed by atoms with E-state index in [9.17, 15) is 0 Å². The van der Waals surface area contributed by atoms with Crippen LogP contribution in [0.3, 0.4) is 0 Å². The van der Waals surface area contributed by atoms with Gasteiger partial charge in [-0.2, -0.15) is 0 Å². The van der Waals surface area contributed by atoms with Crippen molar-refractivity contribution in [2.24, 2.45) is 4.99 Å². The fraction of sp³-hybridized carbons (Fsp3) is 0.188. The summed E-state index contributed by atoms with van der Waals surface area (Å²) in [6, 6.07) is 19.3. The van der Waals surface area contributed by atoms with Crippen LogP contribution in [0.15, 0.2) is 59.6 Å². The van der Waals surface area contributed by atoms with Crippen molar-refractivity contribution in [1.29, 1.82) is 0 Å². The molecule has 0 fully saturated rings. The first-order valence-corrected chi connectivity index (χ1v) is 6.00. The highest BCUT2D eigenvalue weighted by atomic mass is 14.7. The number of aliphatic imine (C=N–C) groups is 1. The molecule has 0 aliphatic heterocycles. The van der Waals surface area contributed by atoms with Crippen LogP contribution in [0.5, 0.6) is 0 Å². The lowest BCUT2D eigenvalue weighted by Crippen LogP contribution is -1.96. The molecule has 1 unspecified atom stereocenters. The topological polar surface area (TPSA) is 12.4 Å². The Hall–Kier alpha value is -1.89. The van der Waals surface area contributed by atoms with Crippen LogP contribution in [0.2, 0.25) is 0 Å². The van der Waals surface area contributed by atoms with Gasteiger partial charge in [-0.05, 0) is 16.7 Å². The van der Waals surface area contributed by atoms with Crippen LogP contribution < -0.4 is 0 Å². The molecule has 2 aromatic rings. The standard InChI is InChI=1S/C16H15N/c1-17-16-11-15(12-7-3-2-4-8-12)13-9-5-6-10-14(13)16/h2-10,15H,11H2,1H3. The van der Waals surface area contributed by atoms with Crippen LogP contribution in [0.4, 0.5) is 0 Å². The van der Waals surface area contributed by atoms with Gasteiger partial charge in [-0.15, -0.1) is 0 Å². The number of hydrogen-bond acceptors (Lipinski definition) is 1. The van der Waals surface area contributed by atoms with Gasteiger partial charge < -0.3 is 0 Å². The molecule has 3 rings (SSSR count). The van der Waals surface area contributed by atoms with E-state index in [0.29, 0.717) is 5.92 Å². The van der Waals surface area contributed by atoms with Gasteiger partial charge in [0.2, 0.25) is 0 Å². The molecule has 84 valence electrons. The molecule has 1 atom stereocenters. The van der Waals surface area contributed by atoms with E-state index < -0.39 is 0 Å². The van der Waals surface area contributed by atoms with Crippen molar-refractivity contribution in [2.45, 2.75) is 12.3 Å². The van der Waals surface area contributed by atoms with Crippen molar-refractivity contribution < 1.29 is 0 Å². The molecule has 0 saturated carbocycles. The Kier molecular flexibility index (Phi) is 2.52. The second kappa shape index (κ2) is 4.17. The van der Waals surface area contributed by atoms with E-state index in [1.807, 2.05) is 7.05 Å². The lowest BCUT2D eigenvalue weighted by atomic mass is 9.93. The second-order valence-electron chi connectivity index (χ2n) is 4.42. The minimum atomic E-state index is 0.478. The van der Waals surface area contributed by atoms with Crippen molar-refractivity contribution >= 4 is 5.71 Å². The lowest BCUT2D eigenvalue weighted by molar-refractivity contribution is 0.888. The third-order valence-electron chi connectivity index (χ3n) is 3.52. The predicted octanol–water partition coefficient (Wildman–Crippen LogP) is 3.64. The normalized spacial score (nSPS) is 20.5. The molecular formula is C16H15N. The first-order valence-electron chi connectivity index (χ1n) is 6.00. The highest BCUT2D eigenvalue weighted by Crippen LogP contribution is 2.37. The van der Waals surface area contributed by atoms with Gasteiger partial charge in [0.05, 0.1) is 0 Å². The Bertz CT molecular complexity index is 555. The summed E-state index contributed by atoms with van der Waals surface area (Å²) >= 11 is 0. The molecule has 1 aliphatic rings. The number of fused-ring (bicyclic) bond motifs is 1. The van der Waals surface area contributed by atoms with Crippen LogP contribution in [0.25, 0.3) is 0 Å². The van der Waals surface area contributed by atoms with Gasteiger partial charge >= 0.3 is 0 Å². The van der Waals surface area contributed by atoms with Crippen LogP contribution in [-0.2, 0) is 0 Å². The SMILES string of the molecule is CN=C1CC(c2ccccc2)c2ccccc21. The number of nitrogens with zero attached hydrogens (tertiary/aromatic N) is 1. The van der Waals surface area contributed by atoms with Gasteiger partial charge in [0.25, 0.3) is 0 Å². The molecule has 17 heavy (non-hydrogen) atoms. The van der Waals surface area contributed by atoms with Crippen molar-refractivity contribution in [3.05, 3.63) is 71.3 Å². The van der Waals surface area contributed by atoms with Gasteiger partial charge in [0.15, 0.2) is 0 Å². The lowest BCUT2D eigenvalue weighted by Gasteiger charge is -2.10. The summed E-state index contributed by atoms with van der Waals surface area (Å²) < 4.78 is 0. The van der Waals surface area contributed by atoms with E-state index in [1.165, 1.54) is 22.4 Å². The Morgan fingerprint density at radius 2 is 1.65 bits per heavy atom. The summed E-state index contributed by atoms with van der Waals surface area (Å²) in [5, 5.41) is 0. The van der Waals surface area contributed by atoms with Crippen molar-refractivity contribution in [1.82, 2.24) is 0 Å². The molecule has 1 heteroatoms. The monoisotopic (exact) mass is 221 g/mol. The fourth-order valence-electron chi connectivity index (χ4n) is 2.67.